The van der Waals surface area contributed by atoms with Crippen molar-refractivity contribution in [1.82, 2.24) is 28.6 Å². The van der Waals surface area contributed by atoms with Crippen LogP contribution in [-0.2, 0) is 18.0 Å². The zero-order chi connectivity index (χ0) is 37.7. The van der Waals surface area contributed by atoms with Crippen molar-refractivity contribution in [3.8, 4) is 34.4 Å². The van der Waals surface area contributed by atoms with Gasteiger partial charge in [-0.3, -0.25) is 18.8 Å². The molecule has 1 saturated heterocycles. The molecule has 0 radical (unpaired) electrons. The Hall–Kier alpha value is -4.44. The second-order valence-corrected chi connectivity index (χ2v) is 22.5. The molecule has 8 rings (SSSR count). The lowest BCUT2D eigenvalue weighted by Crippen LogP contribution is -2.34. The van der Waals surface area contributed by atoms with E-state index in [-0.39, 0.29) is 17.3 Å². The van der Waals surface area contributed by atoms with Crippen molar-refractivity contribution in [3.63, 3.8) is 0 Å². The number of alkyl halides is 2. The van der Waals surface area contributed by atoms with Crippen molar-refractivity contribution in [2.24, 2.45) is 5.92 Å². The summed E-state index contributed by atoms with van der Waals surface area (Å²) in [5, 5.41) is 10.8. The molecule has 0 spiro atoms. The summed E-state index contributed by atoms with van der Waals surface area (Å²) >= 11 is 0. The molecule has 0 N–H and O–H groups in total. The molecule has 0 bridgehead atoms. The molecule has 1 atom stereocenters. The fraction of sp³-hybridized carbons (Fsp3) is 0.476. The van der Waals surface area contributed by atoms with Crippen LogP contribution in [0.15, 0.2) is 59.8 Å². The second-order valence-electron chi connectivity index (χ2n) is 16.9. The van der Waals surface area contributed by atoms with Crippen LogP contribution in [0.4, 0.5) is 8.78 Å². The Morgan fingerprint density at radius 1 is 1.04 bits per heavy atom. The first kappa shape index (κ1) is 36.5. The van der Waals surface area contributed by atoms with E-state index < -0.39 is 14.6 Å². The van der Waals surface area contributed by atoms with Crippen molar-refractivity contribution in [2.45, 2.75) is 103 Å². The fourth-order valence-electron chi connectivity index (χ4n) is 7.93. The summed E-state index contributed by atoms with van der Waals surface area (Å²) in [6, 6.07) is 14.4. The molecule has 0 amide bonds. The molecule has 282 valence electrons. The minimum atomic E-state index is -2.80. The second kappa shape index (κ2) is 14.7. The molecule has 54 heavy (non-hydrogen) atoms. The van der Waals surface area contributed by atoms with Gasteiger partial charge in [0.1, 0.15) is 23.9 Å². The predicted octanol–water partition coefficient (Wildman–Crippen LogP) is 9.28. The topological polar surface area (TPSA) is 93.9 Å². The molecule has 5 heterocycles. The lowest BCUT2D eigenvalue weighted by Gasteiger charge is -2.31. The van der Waals surface area contributed by atoms with Crippen molar-refractivity contribution in [1.29, 1.82) is 5.26 Å². The lowest BCUT2D eigenvalue weighted by molar-refractivity contribution is 0.0720. The monoisotopic (exact) mass is 749 g/mol. The highest BCUT2D eigenvalue weighted by Gasteiger charge is 2.32. The van der Waals surface area contributed by atoms with E-state index in [2.05, 4.69) is 53.2 Å². The van der Waals surface area contributed by atoms with E-state index in [4.69, 9.17) is 9.72 Å². The van der Waals surface area contributed by atoms with Crippen LogP contribution in [0.3, 0.4) is 0 Å². The predicted molar refractivity (Wildman–Crippen MR) is 210 cm³/mol. The van der Waals surface area contributed by atoms with Crippen LogP contribution < -0.4 is 5.56 Å². The maximum atomic E-state index is 15.0. The number of hydrogen-bond acceptors (Lipinski definition) is 6. The van der Waals surface area contributed by atoms with Gasteiger partial charge >= 0.3 is 6.55 Å². The summed E-state index contributed by atoms with van der Waals surface area (Å²) in [6.45, 7) is 10.3. The summed E-state index contributed by atoms with van der Waals surface area (Å²) < 4.78 is 39.3. The molecular formula is C42H49F2N7O2Si. The number of aromatic nitrogens is 5. The summed E-state index contributed by atoms with van der Waals surface area (Å²) in [5.74, 6) is 1.80. The maximum Gasteiger partial charge on any atom is 0.320 e. The van der Waals surface area contributed by atoms with E-state index in [0.29, 0.717) is 53.2 Å². The van der Waals surface area contributed by atoms with Crippen molar-refractivity contribution >= 4 is 19.0 Å². The van der Waals surface area contributed by atoms with Gasteiger partial charge in [-0.15, -0.1) is 0 Å². The van der Waals surface area contributed by atoms with Gasteiger partial charge in [-0.2, -0.15) is 14.0 Å². The van der Waals surface area contributed by atoms with Gasteiger partial charge in [-0.05, 0) is 110 Å². The standard InChI is InChI=1S/C42H49F2N7O2Si/c1-27-6-5-14-48(23-27)24-32-21-34-36(29-8-9-29)25-50(41(52)39(34)51(32)26-53-16-17-54(2,3)4)38-20-31(19-37(47-38)30-10-11-30)33-12-7-28(22-45)18-35(33)40-46-13-15-49(40)42(43)44/h7,12-13,15,18-21,25,27,29-30,42H,5-6,8-11,14,16-17,23-24,26H2,1-4H3/t27-/m0/s1. The minimum Gasteiger partial charge on any atom is -0.361 e. The zero-order valence-electron chi connectivity index (χ0n) is 31.7. The highest BCUT2D eigenvalue weighted by atomic mass is 28.3. The van der Waals surface area contributed by atoms with Crippen molar-refractivity contribution < 1.29 is 13.5 Å². The number of imidazole rings is 1. The largest absolute Gasteiger partial charge is 0.361 e. The molecule has 4 aromatic heterocycles. The summed E-state index contributed by atoms with van der Waals surface area (Å²) in [4.78, 5) is 26.9. The summed E-state index contributed by atoms with van der Waals surface area (Å²) in [5.41, 5.74) is 5.73. The van der Waals surface area contributed by atoms with Gasteiger partial charge in [0.15, 0.2) is 0 Å². The van der Waals surface area contributed by atoms with Crippen molar-refractivity contribution in [2.75, 3.05) is 19.7 Å². The van der Waals surface area contributed by atoms with E-state index in [1.54, 1.807) is 22.8 Å². The number of halogens is 2. The summed E-state index contributed by atoms with van der Waals surface area (Å²) in [7, 11) is -1.32. The Balaban J connectivity index is 1.29. The smallest absolute Gasteiger partial charge is 0.320 e. The molecule has 2 saturated carbocycles. The lowest BCUT2D eigenvalue weighted by atomic mass is 9.96. The highest BCUT2D eigenvalue weighted by molar-refractivity contribution is 6.76. The molecule has 3 fully saturated rings. The number of nitrogens with zero attached hydrogens (tertiary/aromatic N) is 7. The number of hydrogen-bond donors (Lipinski definition) is 0. The minimum absolute atomic E-state index is 0.0700. The number of likely N-dealkylation sites (tertiary alicyclic amines) is 1. The van der Waals surface area contributed by atoms with Gasteiger partial charge in [0, 0.05) is 74.6 Å². The van der Waals surface area contributed by atoms with E-state index in [0.717, 1.165) is 83.8 Å². The molecule has 12 heteroatoms. The van der Waals surface area contributed by atoms with E-state index in [1.165, 1.54) is 25.2 Å². The van der Waals surface area contributed by atoms with Crippen LogP contribution in [0.2, 0.25) is 25.7 Å². The number of piperidine rings is 1. The number of nitriles is 1. The van der Waals surface area contributed by atoms with Gasteiger partial charge in [-0.1, -0.05) is 32.6 Å². The van der Waals surface area contributed by atoms with E-state index in [1.807, 2.05) is 18.3 Å². The number of rotatable bonds is 13. The molecule has 5 aromatic rings. The van der Waals surface area contributed by atoms with E-state index >= 15 is 4.79 Å². The third-order valence-electron chi connectivity index (χ3n) is 11.2. The first-order valence-electron chi connectivity index (χ1n) is 19.4. The zero-order valence-corrected chi connectivity index (χ0v) is 32.7. The van der Waals surface area contributed by atoms with Crippen LogP contribution in [0.1, 0.15) is 86.3 Å². The van der Waals surface area contributed by atoms with Crippen LogP contribution >= 0.6 is 0 Å². The normalized spacial score (nSPS) is 18.1. The Kier molecular flexibility index (Phi) is 9.92. The summed E-state index contributed by atoms with van der Waals surface area (Å²) in [6.07, 6.45) is 11.1. The molecule has 3 aliphatic rings. The van der Waals surface area contributed by atoms with Crippen LogP contribution in [0.25, 0.3) is 39.2 Å². The average molecular weight is 750 g/mol. The van der Waals surface area contributed by atoms with Crippen LogP contribution in [0, 0.1) is 17.2 Å². The Morgan fingerprint density at radius 2 is 1.83 bits per heavy atom. The number of fused-ring (bicyclic) bond motifs is 1. The third-order valence-corrected chi connectivity index (χ3v) is 12.9. The first-order valence-corrected chi connectivity index (χ1v) is 23.1. The molecule has 9 nitrogen and oxygen atoms in total. The van der Waals surface area contributed by atoms with Gasteiger partial charge in [-0.25, -0.2) is 9.97 Å². The quantitative estimate of drug-likeness (QED) is 0.0880. The van der Waals surface area contributed by atoms with Gasteiger partial charge in [0.2, 0.25) is 0 Å². The number of ether oxygens (including phenoxy) is 1. The SMILES string of the molecule is C[C@H]1CCCN(Cc2cc3c(C4CC4)cn(-c4cc(-c5ccc(C#N)cc5-c5nccn5C(F)F)cc(C5CC5)n4)c(=O)c3n2COCC[Si](C)(C)C)C1. The van der Waals surface area contributed by atoms with Crippen molar-refractivity contribution in [3.05, 3.63) is 87.9 Å². The average Bonchev–Trinajstić information content (AvgIpc) is 4.08. The fourth-order valence-corrected chi connectivity index (χ4v) is 8.69. The van der Waals surface area contributed by atoms with Gasteiger partial charge in [0.05, 0.1) is 11.6 Å². The number of pyridine rings is 2. The van der Waals surface area contributed by atoms with Crippen LogP contribution in [-0.4, -0.2) is 56.3 Å². The Labute approximate surface area is 316 Å². The molecule has 0 unspecified atom stereocenters. The number of benzene rings is 1. The molecular weight excluding hydrogens is 701 g/mol. The third kappa shape index (κ3) is 7.59. The maximum absolute atomic E-state index is 15.0. The Morgan fingerprint density at radius 3 is 2.54 bits per heavy atom. The first-order chi connectivity index (χ1) is 26.0. The highest BCUT2D eigenvalue weighted by Crippen LogP contribution is 2.45. The Bertz CT molecular complexity index is 2290. The van der Waals surface area contributed by atoms with Gasteiger partial charge < -0.3 is 9.30 Å². The van der Waals surface area contributed by atoms with Crippen LogP contribution in [0.5, 0.6) is 0 Å². The van der Waals surface area contributed by atoms with E-state index in [9.17, 15) is 14.0 Å². The molecule has 1 aliphatic heterocycles. The molecule has 2 aliphatic carbocycles. The van der Waals surface area contributed by atoms with Gasteiger partial charge in [0.25, 0.3) is 5.56 Å². The molecule has 1 aromatic carbocycles.